The molecular formula is C27H30F3N5O. The summed E-state index contributed by atoms with van der Waals surface area (Å²) in [6.45, 7) is 4.44. The largest absolute Gasteiger partial charge is 0.394 e. The van der Waals surface area contributed by atoms with E-state index in [1.807, 2.05) is 30.8 Å². The Morgan fingerprint density at radius 3 is 2.53 bits per heavy atom. The summed E-state index contributed by atoms with van der Waals surface area (Å²) in [6.07, 6.45) is 4.25. The van der Waals surface area contributed by atoms with Crippen LogP contribution in [0.5, 0.6) is 0 Å². The standard InChI is InChI=1S/C27H30F3N5O/c1-14-15(2)33-25-22(32-14)8-21(34-24(25)20-11-26(27(28,29)30)9-17(20)10-26)16-5-6-36-23(7-16)18-12-31-35(13-18)19-3-4-19/h8,12-13,16-17,19-20,23H,3-7,9-11H2,1-2H3/t16-,17?,20-,23-,26?/m1/s1. The van der Waals surface area contributed by atoms with Crippen LogP contribution < -0.4 is 0 Å². The third-order valence-corrected chi connectivity index (χ3v) is 9.17. The smallest absolute Gasteiger partial charge is 0.373 e. The summed E-state index contributed by atoms with van der Waals surface area (Å²) in [5, 5.41) is 4.53. The quantitative estimate of drug-likeness (QED) is 0.426. The zero-order valence-electron chi connectivity index (χ0n) is 20.6. The highest BCUT2D eigenvalue weighted by atomic mass is 19.4. The van der Waals surface area contributed by atoms with Gasteiger partial charge in [-0.1, -0.05) is 0 Å². The van der Waals surface area contributed by atoms with Crippen molar-refractivity contribution in [3.8, 4) is 0 Å². The number of hydrogen-bond acceptors (Lipinski definition) is 5. The van der Waals surface area contributed by atoms with E-state index in [0.717, 1.165) is 46.7 Å². The molecule has 9 heteroatoms. The first-order valence-corrected chi connectivity index (χ1v) is 13.1. The Balaban J connectivity index is 1.25. The molecule has 3 aromatic rings. The van der Waals surface area contributed by atoms with Crippen molar-refractivity contribution in [2.75, 3.05) is 6.61 Å². The Bertz CT molecular complexity index is 1340. The van der Waals surface area contributed by atoms with Crippen molar-refractivity contribution in [1.82, 2.24) is 24.7 Å². The summed E-state index contributed by atoms with van der Waals surface area (Å²) in [4.78, 5) is 14.7. The van der Waals surface area contributed by atoms with Crippen LogP contribution in [0.4, 0.5) is 13.2 Å². The van der Waals surface area contributed by atoms with Crippen molar-refractivity contribution in [3.05, 3.63) is 46.8 Å². The van der Waals surface area contributed by atoms with Crippen LogP contribution >= 0.6 is 0 Å². The summed E-state index contributed by atoms with van der Waals surface area (Å²) < 4.78 is 49.8. The van der Waals surface area contributed by atoms with E-state index in [1.54, 1.807) is 0 Å². The first kappa shape index (κ1) is 22.6. The first-order valence-electron chi connectivity index (χ1n) is 13.1. The molecule has 0 spiro atoms. The first-order chi connectivity index (χ1) is 17.2. The van der Waals surface area contributed by atoms with Gasteiger partial charge >= 0.3 is 6.18 Å². The molecule has 36 heavy (non-hydrogen) atoms. The maximum Gasteiger partial charge on any atom is 0.394 e. The molecule has 6 nitrogen and oxygen atoms in total. The highest BCUT2D eigenvalue weighted by Gasteiger charge is 2.69. The molecule has 4 saturated carbocycles. The monoisotopic (exact) mass is 497 g/mol. The van der Waals surface area contributed by atoms with Crippen LogP contribution in [-0.4, -0.2) is 37.5 Å². The van der Waals surface area contributed by atoms with Crippen LogP contribution in [0, 0.1) is 25.2 Å². The summed E-state index contributed by atoms with van der Waals surface area (Å²) in [5.41, 5.74) is 4.21. The molecule has 3 atom stereocenters. The van der Waals surface area contributed by atoms with Crippen LogP contribution in [0.3, 0.4) is 0 Å². The van der Waals surface area contributed by atoms with Crippen LogP contribution in [0.25, 0.3) is 11.0 Å². The Kier molecular flexibility index (Phi) is 4.86. The lowest BCUT2D eigenvalue weighted by molar-refractivity contribution is -0.244. The predicted octanol–water partition coefficient (Wildman–Crippen LogP) is 6.25. The van der Waals surface area contributed by atoms with Gasteiger partial charge in [-0.05, 0) is 70.8 Å². The minimum Gasteiger partial charge on any atom is -0.373 e. The third-order valence-electron chi connectivity index (χ3n) is 9.17. The SMILES string of the molecule is Cc1nc2cc([C@@H]3CCO[C@@H](c4cnn(C5CC5)c4)C3)nc([C@@H]3CC4(C(F)(F)F)CC3C4)c2nc1C. The molecule has 190 valence electrons. The number of alkyl halides is 3. The number of halogens is 3. The van der Waals surface area contributed by atoms with Crippen molar-refractivity contribution in [2.45, 2.75) is 89.0 Å². The Morgan fingerprint density at radius 2 is 1.81 bits per heavy atom. The fourth-order valence-electron chi connectivity index (χ4n) is 6.75. The second kappa shape index (κ2) is 7.73. The van der Waals surface area contributed by atoms with Gasteiger partial charge in [0, 0.05) is 35.9 Å². The second-order valence-electron chi connectivity index (χ2n) is 11.5. The van der Waals surface area contributed by atoms with Gasteiger partial charge in [-0.15, -0.1) is 0 Å². The highest BCUT2D eigenvalue weighted by molar-refractivity contribution is 5.78. The van der Waals surface area contributed by atoms with Gasteiger partial charge < -0.3 is 4.74 Å². The van der Waals surface area contributed by atoms with Gasteiger partial charge in [-0.2, -0.15) is 18.3 Å². The molecule has 3 aromatic heterocycles. The molecule has 0 unspecified atom stereocenters. The van der Waals surface area contributed by atoms with Crippen molar-refractivity contribution in [3.63, 3.8) is 0 Å². The van der Waals surface area contributed by atoms with E-state index in [1.165, 1.54) is 12.8 Å². The molecule has 0 radical (unpaired) electrons. The van der Waals surface area contributed by atoms with Crippen molar-refractivity contribution in [1.29, 1.82) is 0 Å². The lowest BCUT2D eigenvalue weighted by Gasteiger charge is -2.39. The fourth-order valence-corrected chi connectivity index (χ4v) is 6.75. The van der Waals surface area contributed by atoms with E-state index in [-0.39, 0.29) is 43.1 Å². The van der Waals surface area contributed by atoms with E-state index in [9.17, 15) is 13.2 Å². The van der Waals surface area contributed by atoms with E-state index >= 15 is 0 Å². The number of aryl methyl sites for hydroxylation is 2. The highest BCUT2D eigenvalue weighted by Crippen LogP contribution is 2.70. The minimum atomic E-state index is -4.16. The maximum absolute atomic E-state index is 13.9. The van der Waals surface area contributed by atoms with Crippen molar-refractivity contribution in [2.24, 2.45) is 11.3 Å². The van der Waals surface area contributed by atoms with E-state index in [4.69, 9.17) is 19.7 Å². The zero-order chi connectivity index (χ0) is 24.8. The van der Waals surface area contributed by atoms with Gasteiger partial charge in [-0.3, -0.25) is 9.67 Å². The molecule has 4 heterocycles. The molecular weight excluding hydrogens is 467 g/mol. The van der Waals surface area contributed by atoms with Gasteiger partial charge in [0.15, 0.2) is 0 Å². The minimum absolute atomic E-state index is 0.0108. The maximum atomic E-state index is 13.9. The van der Waals surface area contributed by atoms with Gasteiger partial charge in [0.05, 0.1) is 46.4 Å². The molecule has 2 bridgehead atoms. The topological polar surface area (TPSA) is 65.7 Å². The lowest BCUT2D eigenvalue weighted by Crippen LogP contribution is -2.42. The number of hydrogen-bond donors (Lipinski definition) is 0. The summed E-state index contributed by atoms with van der Waals surface area (Å²) >= 11 is 0. The zero-order valence-corrected chi connectivity index (χ0v) is 20.6. The van der Waals surface area contributed by atoms with Crippen LogP contribution in [0.15, 0.2) is 18.5 Å². The summed E-state index contributed by atoms with van der Waals surface area (Å²) in [7, 11) is 0. The number of fused-ring (bicyclic) bond motifs is 2. The number of aromatic nitrogens is 5. The molecule has 4 aliphatic carbocycles. The summed E-state index contributed by atoms with van der Waals surface area (Å²) in [5.74, 6) is -0.0675. The Hall–Kier alpha value is -2.55. The van der Waals surface area contributed by atoms with Crippen molar-refractivity contribution >= 4 is 11.0 Å². The molecule has 5 fully saturated rings. The number of pyridine rings is 1. The van der Waals surface area contributed by atoms with Gasteiger partial charge in [0.1, 0.15) is 5.52 Å². The van der Waals surface area contributed by atoms with E-state index in [0.29, 0.717) is 18.2 Å². The second-order valence-corrected chi connectivity index (χ2v) is 11.5. The van der Waals surface area contributed by atoms with Crippen LogP contribution in [0.2, 0.25) is 0 Å². The van der Waals surface area contributed by atoms with Crippen LogP contribution in [0.1, 0.15) is 97.3 Å². The van der Waals surface area contributed by atoms with Crippen molar-refractivity contribution < 1.29 is 17.9 Å². The van der Waals surface area contributed by atoms with E-state index < -0.39 is 11.6 Å². The molecule has 0 amide bonds. The fraction of sp³-hybridized carbons (Fsp3) is 0.630. The molecule has 5 aliphatic rings. The molecule has 0 aromatic carbocycles. The number of nitrogens with zero attached hydrogens (tertiary/aromatic N) is 5. The van der Waals surface area contributed by atoms with Crippen LogP contribution in [-0.2, 0) is 4.74 Å². The third kappa shape index (κ3) is 3.49. The molecule has 1 aliphatic heterocycles. The molecule has 0 N–H and O–H groups in total. The molecule has 8 rings (SSSR count). The van der Waals surface area contributed by atoms with Gasteiger partial charge in [-0.25, -0.2) is 9.97 Å². The lowest BCUT2D eigenvalue weighted by atomic mass is 9.68. The average Bonchev–Trinajstić information content (AvgIpc) is 3.26. The molecule has 1 saturated heterocycles. The van der Waals surface area contributed by atoms with Gasteiger partial charge in [0.2, 0.25) is 0 Å². The van der Waals surface area contributed by atoms with E-state index in [2.05, 4.69) is 11.3 Å². The number of rotatable bonds is 4. The Morgan fingerprint density at radius 1 is 1.03 bits per heavy atom. The van der Waals surface area contributed by atoms with Gasteiger partial charge in [0.25, 0.3) is 0 Å². The predicted molar refractivity (Wildman–Crippen MR) is 127 cm³/mol. The normalized spacial score (nSPS) is 32.1. The number of ether oxygens (including phenoxy) is 1. The Labute approximate surface area is 207 Å². The summed E-state index contributed by atoms with van der Waals surface area (Å²) in [6, 6.07) is 2.53. The average molecular weight is 498 g/mol.